The molecule has 1 fully saturated rings. The summed E-state index contributed by atoms with van der Waals surface area (Å²) in [5, 5.41) is 31.3. The molecule has 4 atom stereocenters. The lowest BCUT2D eigenvalue weighted by Gasteiger charge is -2.28. The molecule has 7 N–H and O–H groups in total. The van der Waals surface area contributed by atoms with Crippen molar-refractivity contribution in [1.82, 2.24) is 15.5 Å². The van der Waals surface area contributed by atoms with E-state index >= 15 is 0 Å². The molecule has 0 bridgehead atoms. The molecule has 0 aromatic rings. The topological polar surface area (TPSA) is 216 Å². The van der Waals surface area contributed by atoms with Crippen LogP contribution in [0.2, 0.25) is 0 Å². The lowest BCUT2D eigenvalue weighted by molar-refractivity contribution is -0.147. The second-order valence-corrected chi connectivity index (χ2v) is 8.55. The summed E-state index contributed by atoms with van der Waals surface area (Å²) < 4.78 is 0. The van der Waals surface area contributed by atoms with Crippen LogP contribution in [0.15, 0.2) is 0 Å². The maximum Gasteiger partial charge on any atom is 0.326 e. The minimum absolute atomic E-state index is 0.301. The van der Waals surface area contributed by atoms with Crippen LogP contribution >= 0.6 is 11.8 Å². The van der Waals surface area contributed by atoms with Gasteiger partial charge in [-0.2, -0.15) is 11.8 Å². The highest BCUT2D eigenvalue weighted by atomic mass is 32.2. The van der Waals surface area contributed by atoms with Crippen molar-refractivity contribution in [2.24, 2.45) is 5.73 Å². The number of likely N-dealkylation sites (tertiary alicyclic amines) is 1. The van der Waals surface area contributed by atoms with E-state index < -0.39 is 72.6 Å². The van der Waals surface area contributed by atoms with Gasteiger partial charge < -0.3 is 36.6 Å². The van der Waals surface area contributed by atoms with Gasteiger partial charge in [-0.1, -0.05) is 0 Å². The van der Waals surface area contributed by atoms with Crippen LogP contribution in [-0.2, 0) is 28.8 Å². The fourth-order valence-electron chi connectivity index (χ4n) is 3.34. The number of amides is 3. The minimum atomic E-state index is -1.77. The number of rotatable bonds is 14. The normalized spacial score (nSPS) is 18.1. The lowest BCUT2D eigenvalue weighted by Crippen LogP contribution is -2.56. The lowest BCUT2D eigenvalue weighted by atomic mass is 10.1. The summed E-state index contributed by atoms with van der Waals surface area (Å²) in [5.74, 6) is -5.79. The van der Waals surface area contributed by atoms with E-state index in [4.69, 9.17) is 21.1 Å². The largest absolute Gasteiger partial charge is 0.481 e. The van der Waals surface area contributed by atoms with Crippen LogP contribution in [0.5, 0.6) is 0 Å². The predicted molar refractivity (Wildman–Crippen MR) is 116 cm³/mol. The van der Waals surface area contributed by atoms with Crippen LogP contribution in [0.1, 0.15) is 38.5 Å². The van der Waals surface area contributed by atoms with Gasteiger partial charge in [-0.25, -0.2) is 4.79 Å². The number of nitrogens with zero attached hydrogens (tertiary/aromatic N) is 1. The van der Waals surface area contributed by atoms with E-state index in [9.17, 15) is 28.8 Å². The Morgan fingerprint density at radius 1 is 1.03 bits per heavy atom. The number of nitrogens with one attached hydrogen (secondary N) is 2. The molecule has 13 nitrogen and oxygen atoms in total. The third kappa shape index (κ3) is 9.26. The van der Waals surface area contributed by atoms with Gasteiger partial charge in [0.15, 0.2) is 0 Å². The predicted octanol–water partition coefficient (Wildman–Crippen LogP) is -1.55. The first kappa shape index (κ1) is 28.2. The quantitative estimate of drug-likeness (QED) is 0.164. The summed E-state index contributed by atoms with van der Waals surface area (Å²) in [7, 11) is 0. The Morgan fingerprint density at radius 2 is 1.70 bits per heavy atom. The van der Waals surface area contributed by atoms with Gasteiger partial charge in [0.05, 0.1) is 12.5 Å². The monoisotopic (exact) mass is 490 g/mol. The van der Waals surface area contributed by atoms with Crippen molar-refractivity contribution in [2.45, 2.75) is 62.7 Å². The van der Waals surface area contributed by atoms with Crippen molar-refractivity contribution < 1.29 is 44.1 Å². The number of carbonyl (C=O) groups excluding carboxylic acids is 3. The fourth-order valence-corrected chi connectivity index (χ4v) is 3.83. The van der Waals surface area contributed by atoms with E-state index in [0.717, 1.165) is 0 Å². The van der Waals surface area contributed by atoms with Gasteiger partial charge in [0.1, 0.15) is 18.1 Å². The van der Waals surface area contributed by atoms with Gasteiger partial charge in [-0.15, -0.1) is 0 Å². The minimum Gasteiger partial charge on any atom is -0.481 e. The highest BCUT2D eigenvalue weighted by Gasteiger charge is 2.38. The molecule has 1 heterocycles. The number of carbonyl (C=O) groups is 6. The van der Waals surface area contributed by atoms with E-state index in [-0.39, 0.29) is 6.42 Å². The summed E-state index contributed by atoms with van der Waals surface area (Å²) in [5.41, 5.74) is 5.93. The molecule has 0 spiro atoms. The molecule has 1 aliphatic heterocycles. The zero-order valence-electron chi connectivity index (χ0n) is 18.2. The van der Waals surface area contributed by atoms with Crippen molar-refractivity contribution in [3.63, 3.8) is 0 Å². The van der Waals surface area contributed by atoms with E-state index in [1.807, 2.05) is 11.6 Å². The molecule has 186 valence electrons. The summed E-state index contributed by atoms with van der Waals surface area (Å²) in [6, 6.07) is -4.90. The van der Waals surface area contributed by atoms with Crippen molar-refractivity contribution in [1.29, 1.82) is 0 Å². The van der Waals surface area contributed by atoms with Crippen molar-refractivity contribution >= 4 is 47.4 Å². The molecule has 33 heavy (non-hydrogen) atoms. The maximum absolute atomic E-state index is 12.9. The molecule has 4 unspecified atom stereocenters. The van der Waals surface area contributed by atoms with Crippen molar-refractivity contribution in [3.05, 3.63) is 0 Å². The molecular formula is C19H30N4O9S. The Labute approximate surface area is 194 Å². The molecule has 1 aliphatic rings. The second kappa shape index (κ2) is 13.6. The van der Waals surface area contributed by atoms with Gasteiger partial charge in [-0.3, -0.25) is 24.0 Å². The number of aliphatic carboxylic acids is 3. The first-order valence-corrected chi connectivity index (χ1v) is 11.7. The van der Waals surface area contributed by atoms with E-state index in [1.54, 1.807) is 0 Å². The van der Waals surface area contributed by atoms with Crippen molar-refractivity contribution in [3.8, 4) is 0 Å². The zero-order chi connectivity index (χ0) is 25.1. The summed E-state index contributed by atoms with van der Waals surface area (Å²) in [4.78, 5) is 72.5. The Balaban J connectivity index is 2.93. The first-order valence-electron chi connectivity index (χ1n) is 10.3. The molecule has 14 heteroatoms. The summed E-state index contributed by atoms with van der Waals surface area (Å²) in [6.45, 7) is 0.301. The van der Waals surface area contributed by atoms with Crippen LogP contribution < -0.4 is 16.4 Å². The summed E-state index contributed by atoms with van der Waals surface area (Å²) in [6.07, 6.45) is 1.37. The van der Waals surface area contributed by atoms with Crippen LogP contribution in [0.4, 0.5) is 0 Å². The molecule has 0 aromatic carbocycles. The molecule has 1 rings (SSSR count). The Hall–Kier alpha value is -2.87. The summed E-state index contributed by atoms with van der Waals surface area (Å²) >= 11 is 1.53. The van der Waals surface area contributed by atoms with Crippen LogP contribution in [0.25, 0.3) is 0 Å². The first-order chi connectivity index (χ1) is 15.5. The second-order valence-electron chi connectivity index (χ2n) is 7.57. The SMILES string of the molecule is CSCCC(N)C(=O)N1CCCC1C(=O)NC(CCC(=O)O)C(=O)NC(CC(=O)O)C(=O)O. The third-order valence-corrected chi connectivity index (χ3v) is 5.71. The van der Waals surface area contributed by atoms with Gasteiger partial charge in [0.25, 0.3) is 0 Å². The molecule has 0 aromatic heterocycles. The Kier molecular flexibility index (Phi) is 11.6. The van der Waals surface area contributed by atoms with E-state index in [2.05, 4.69) is 5.32 Å². The number of hydrogen-bond donors (Lipinski definition) is 6. The number of hydrogen-bond acceptors (Lipinski definition) is 8. The molecule has 3 amide bonds. The fraction of sp³-hybridized carbons (Fsp3) is 0.684. The third-order valence-electron chi connectivity index (χ3n) is 5.06. The number of thioether (sulfide) groups is 1. The molecule has 0 aliphatic carbocycles. The van der Waals surface area contributed by atoms with E-state index in [1.165, 1.54) is 16.7 Å². The highest BCUT2D eigenvalue weighted by Crippen LogP contribution is 2.19. The molecule has 0 saturated carbocycles. The van der Waals surface area contributed by atoms with Gasteiger partial charge >= 0.3 is 17.9 Å². The average Bonchev–Trinajstić information content (AvgIpc) is 3.23. The van der Waals surface area contributed by atoms with Gasteiger partial charge in [0.2, 0.25) is 17.7 Å². The highest BCUT2D eigenvalue weighted by molar-refractivity contribution is 7.98. The van der Waals surface area contributed by atoms with Gasteiger partial charge in [0, 0.05) is 13.0 Å². The molecule has 0 radical (unpaired) electrons. The maximum atomic E-state index is 12.9. The van der Waals surface area contributed by atoms with Crippen LogP contribution in [0.3, 0.4) is 0 Å². The van der Waals surface area contributed by atoms with Crippen LogP contribution in [-0.4, -0.2) is 98.6 Å². The average molecular weight is 491 g/mol. The van der Waals surface area contributed by atoms with Crippen molar-refractivity contribution in [2.75, 3.05) is 18.6 Å². The standard InChI is InChI=1S/C19H30N4O9S/c1-33-8-6-10(20)18(30)23-7-2-3-13(23)17(29)21-11(4-5-14(24)25)16(28)22-12(19(31)32)9-15(26)27/h10-13H,2-9,20H2,1H3,(H,21,29)(H,22,28)(H,24,25)(H,26,27)(H,31,32). The Morgan fingerprint density at radius 3 is 2.24 bits per heavy atom. The number of nitrogens with two attached hydrogens (primary N) is 1. The number of carboxylic acid groups (broad SMARTS) is 3. The Bertz CT molecular complexity index is 764. The van der Waals surface area contributed by atoms with E-state index in [0.29, 0.717) is 31.6 Å². The van der Waals surface area contributed by atoms with Crippen LogP contribution in [0, 0.1) is 0 Å². The number of carboxylic acids is 3. The zero-order valence-corrected chi connectivity index (χ0v) is 19.0. The van der Waals surface area contributed by atoms with Gasteiger partial charge in [-0.05, 0) is 37.7 Å². The molecular weight excluding hydrogens is 460 g/mol. The molecule has 1 saturated heterocycles. The smallest absolute Gasteiger partial charge is 0.326 e.